The minimum atomic E-state index is -0.891. The van der Waals surface area contributed by atoms with Crippen LogP contribution in [0.2, 0.25) is 10.0 Å². The lowest BCUT2D eigenvalue weighted by molar-refractivity contribution is -0.131. The maximum Gasteiger partial charge on any atom is 0.407 e. The zero-order valence-corrected chi connectivity index (χ0v) is 36.9. The summed E-state index contributed by atoms with van der Waals surface area (Å²) in [6.07, 6.45) is -0.411. The van der Waals surface area contributed by atoms with E-state index in [-0.39, 0.29) is 31.5 Å². The van der Waals surface area contributed by atoms with E-state index in [0.29, 0.717) is 121 Å². The maximum atomic E-state index is 13.6. The second-order valence-electron chi connectivity index (χ2n) is 14.4. The minimum Gasteiger partial charge on any atom is -0.447 e. The molecule has 60 heavy (non-hydrogen) atoms. The molecule has 338 valence electrons. The number of methoxy groups -OCH3 is 1. The van der Waals surface area contributed by atoms with Crippen molar-refractivity contribution in [2.24, 2.45) is 5.92 Å². The molecule has 0 aromatic heterocycles. The number of alkyl carbamates (subject to hydrolysis) is 1. The Balaban J connectivity index is 1.35. The zero-order chi connectivity index (χ0) is 43.5. The molecule has 3 unspecified atom stereocenters. The number of ether oxygens (including phenoxy) is 8. The van der Waals surface area contributed by atoms with Crippen LogP contribution in [0.3, 0.4) is 0 Å². The first-order valence-electron chi connectivity index (χ1n) is 20.4. The van der Waals surface area contributed by atoms with Crippen molar-refractivity contribution < 1.29 is 57.4 Å². The molecule has 1 saturated heterocycles. The number of aliphatic hydroxyl groups is 1. The molecule has 18 heteroatoms. The van der Waals surface area contributed by atoms with Crippen molar-refractivity contribution in [1.29, 1.82) is 0 Å². The summed E-state index contributed by atoms with van der Waals surface area (Å²) in [5.41, 5.74) is 2.02. The van der Waals surface area contributed by atoms with Gasteiger partial charge < -0.3 is 58.5 Å². The Morgan fingerprint density at radius 2 is 1.37 bits per heavy atom. The Hall–Kier alpha value is -3.13. The number of nitrogens with one attached hydrogen (secondary N) is 2. The Morgan fingerprint density at radius 3 is 1.88 bits per heavy atom. The molecule has 0 aliphatic carbocycles. The Morgan fingerprint density at radius 1 is 0.800 bits per heavy atom. The molecular formula is C42H64Cl2N4O12. The lowest BCUT2D eigenvalue weighted by Crippen LogP contribution is -2.47. The zero-order valence-electron chi connectivity index (χ0n) is 35.4. The number of halogens is 2. The van der Waals surface area contributed by atoms with E-state index in [9.17, 15) is 19.5 Å². The molecule has 0 spiro atoms. The first kappa shape index (κ1) is 51.2. The Bertz CT molecular complexity index is 1540. The van der Waals surface area contributed by atoms with Crippen molar-refractivity contribution in [3.05, 3.63) is 63.6 Å². The van der Waals surface area contributed by atoms with Crippen LogP contribution < -0.4 is 10.6 Å². The monoisotopic (exact) mass is 886 g/mol. The second-order valence-corrected chi connectivity index (χ2v) is 15.2. The van der Waals surface area contributed by atoms with Crippen molar-refractivity contribution in [3.8, 4) is 0 Å². The third-order valence-electron chi connectivity index (χ3n) is 9.39. The van der Waals surface area contributed by atoms with Crippen LogP contribution in [-0.4, -0.2) is 171 Å². The molecule has 0 bridgehead atoms. The highest BCUT2D eigenvalue weighted by molar-refractivity contribution is 6.42. The van der Waals surface area contributed by atoms with Gasteiger partial charge in [0.05, 0.1) is 115 Å². The van der Waals surface area contributed by atoms with Gasteiger partial charge in [-0.1, -0.05) is 55.2 Å². The van der Waals surface area contributed by atoms with E-state index in [1.165, 1.54) is 0 Å². The van der Waals surface area contributed by atoms with E-state index in [1.54, 1.807) is 49.4 Å². The SMILES string of the molecule is COCCOCCOCCOCCOCCOCCOCCOC(=O)NC(C(=O)Nc1cccc(C(CN2CCC(O)C2)N(C)C(=O)Cc2ccc(Cl)c(Cl)c2)c1)C(C)C. The van der Waals surface area contributed by atoms with E-state index in [0.717, 1.165) is 11.1 Å². The number of amides is 3. The first-order valence-corrected chi connectivity index (χ1v) is 21.1. The molecule has 0 radical (unpaired) electrons. The van der Waals surface area contributed by atoms with Gasteiger partial charge in [0.25, 0.3) is 0 Å². The number of rotatable bonds is 31. The quantitative estimate of drug-likeness (QED) is 0.0919. The average Bonchev–Trinajstić information content (AvgIpc) is 3.64. The summed E-state index contributed by atoms with van der Waals surface area (Å²) in [6, 6.07) is 11.1. The van der Waals surface area contributed by atoms with Gasteiger partial charge in [0, 0.05) is 39.5 Å². The Kier molecular flexibility index (Phi) is 25.6. The fourth-order valence-corrected chi connectivity index (χ4v) is 6.40. The van der Waals surface area contributed by atoms with Crippen molar-refractivity contribution in [3.63, 3.8) is 0 Å². The van der Waals surface area contributed by atoms with Gasteiger partial charge in [0.2, 0.25) is 11.8 Å². The molecule has 1 aliphatic heterocycles. The van der Waals surface area contributed by atoms with Gasteiger partial charge in [-0.05, 0) is 47.7 Å². The predicted molar refractivity (Wildman–Crippen MR) is 228 cm³/mol. The second kappa shape index (κ2) is 30.0. The molecular weight excluding hydrogens is 823 g/mol. The molecule has 3 atom stereocenters. The van der Waals surface area contributed by atoms with Crippen LogP contribution in [0.15, 0.2) is 42.5 Å². The van der Waals surface area contributed by atoms with E-state index < -0.39 is 30.2 Å². The van der Waals surface area contributed by atoms with E-state index in [4.69, 9.17) is 61.1 Å². The van der Waals surface area contributed by atoms with E-state index in [1.807, 2.05) is 26.0 Å². The van der Waals surface area contributed by atoms with Crippen LogP contribution in [0.4, 0.5) is 10.5 Å². The van der Waals surface area contributed by atoms with Crippen molar-refractivity contribution >= 4 is 46.8 Å². The third-order valence-corrected chi connectivity index (χ3v) is 10.1. The van der Waals surface area contributed by atoms with Crippen LogP contribution >= 0.6 is 23.2 Å². The number of carbonyl (C=O) groups is 3. The van der Waals surface area contributed by atoms with Gasteiger partial charge >= 0.3 is 6.09 Å². The van der Waals surface area contributed by atoms with Gasteiger partial charge in [0.15, 0.2) is 0 Å². The van der Waals surface area contributed by atoms with Crippen molar-refractivity contribution in [2.75, 3.05) is 132 Å². The van der Waals surface area contributed by atoms with Crippen LogP contribution in [-0.2, 0) is 53.9 Å². The smallest absolute Gasteiger partial charge is 0.407 e. The molecule has 2 aromatic rings. The van der Waals surface area contributed by atoms with Gasteiger partial charge in [-0.15, -0.1) is 0 Å². The number of likely N-dealkylation sites (N-methyl/N-ethyl adjacent to an activating group) is 1. The summed E-state index contributed by atoms with van der Waals surface area (Å²) in [5, 5.41) is 16.6. The van der Waals surface area contributed by atoms with E-state index in [2.05, 4.69) is 15.5 Å². The number of anilines is 1. The molecule has 3 rings (SSSR count). The van der Waals surface area contributed by atoms with Crippen LogP contribution in [0.25, 0.3) is 0 Å². The van der Waals surface area contributed by atoms with E-state index >= 15 is 0 Å². The number of hydrogen-bond donors (Lipinski definition) is 3. The summed E-state index contributed by atoms with van der Waals surface area (Å²) >= 11 is 12.3. The summed E-state index contributed by atoms with van der Waals surface area (Å²) in [5.74, 6) is -0.816. The largest absolute Gasteiger partial charge is 0.447 e. The highest BCUT2D eigenvalue weighted by Crippen LogP contribution is 2.28. The van der Waals surface area contributed by atoms with Crippen LogP contribution in [0.5, 0.6) is 0 Å². The number of benzene rings is 2. The minimum absolute atomic E-state index is 0.0106. The lowest BCUT2D eigenvalue weighted by atomic mass is 10.0. The fourth-order valence-electron chi connectivity index (χ4n) is 6.08. The van der Waals surface area contributed by atoms with Crippen LogP contribution in [0, 0.1) is 5.92 Å². The molecule has 0 saturated carbocycles. The average molecular weight is 888 g/mol. The van der Waals surface area contributed by atoms with Gasteiger partial charge in [-0.3, -0.25) is 14.5 Å². The lowest BCUT2D eigenvalue weighted by Gasteiger charge is -2.32. The summed E-state index contributed by atoms with van der Waals surface area (Å²) in [6.45, 7) is 11.0. The van der Waals surface area contributed by atoms with Crippen molar-refractivity contribution in [2.45, 2.75) is 44.9 Å². The summed E-state index contributed by atoms with van der Waals surface area (Å²) in [4.78, 5) is 43.5. The summed E-state index contributed by atoms with van der Waals surface area (Å²) < 4.78 is 42.8. The maximum absolute atomic E-state index is 13.6. The fraction of sp³-hybridized carbons (Fsp3) is 0.643. The predicted octanol–water partition coefficient (Wildman–Crippen LogP) is 4.24. The normalized spacial score (nSPS) is 15.2. The molecule has 3 amide bonds. The molecule has 2 aromatic carbocycles. The highest BCUT2D eigenvalue weighted by Gasteiger charge is 2.29. The molecule has 1 heterocycles. The number of aliphatic hydroxyl groups excluding tert-OH is 1. The van der Waals surface area contributed by atoms with Gasteiger partial charge in [-0.2, -0.15) is 0 Å². The number of hydrogen-bond acceptors (Lipinski definition) is 13. The number of β-amino-alcohol motifs (C(OH)–C–C–N with tert-alkyl or cyclic N) is 1. The molecule has 16 nitrogen and oxygen atoms in total. The topological polar surface area (TPSA) is 176 Å². The third kappa shape index (κ3) is 20.6. The molecule has 1 fully saturated rings. The number of carbonyl (C=O) groups excluding carboxylic acids is 3. The standard InChI is InChI=1S/C42H64Cl2N4O12/c1-31(2)40(46-42(52)60-25-24-59-23-22-58-21-20-57-19-18-56-17-16-55-15-14-54-13-12-53-4)41(51)45-34-7-5-6-33(28-34)38(30-48-11-10-35(49)29-48)47(3)39(50)27-32-8-9-36(43)37(44)26-32/h5-9,26,28,31,35,38,40,49H,10-25,27,29-30H2,1-4H3,(H,45,51)(H,46,52). The number of likely N-dealkylation sites (tertiary alicyclic amines) is 1. The van der Waals surface area contributed by atoms with Gasteiger partial charge in [0.1, 0.15) is 12.6 Å². The highest BCUT2D eigenvalue weighted by atomic mass is 35.5. The van der Waals surface area contributed by atoms with Gasteiger partial charge in [-0.25, -0.2) is 4.79 Å². The summed E-state index contributed by atoms with van der Waals surface area (Å²) in [7, 11) is 3.37. The van der Waals surface area contributed by atoms with Crippen LogP contribution in [0.1, 0.15) is 37.4 Å². The molecule has 3 N–H and O–H groups in total. The number of nitrogens with zero attached hydrogens (tertiary/aromatic N) is 2. The molecule has 1 aliphatic rings. The first-order chi connectivity index (χ1) is 29.0. The van der Waals surface area contributed by atoms with Crippen molar-refractivity contribution in [1.82, 2.24) is 15.1 Å². The Labute approximate surface area is 364 Å².